The minimum atomic E-state index is 0.0273. The van der Waals surface area contributed by atoms with Gasteiger partial charge in [-0.25, -0.2) is 4.98 Å². The van der Waals surface area contributed by atoms with Crippen molar-refractivity contribution < 1.29 is 4.79 Å². The van der Waals surface area contributed by atoms with Crippen molar-refractivity contribution in [1.82, 2.24) is 4.98 Å². The Morgan fingerprint density at radius 2 is 2.28 bits per heavy atom. The van der Waals surface area contributed by atoms with Crippen molar-refractivity contribution >= 4 is 27.7 Å². The van der Waals surface area contributed by atoms with E-state index in [2.05, 4.69) is 26.2 Å². The molecule has 0 aromatic carbocycles. The Kier molecular flexibility index (Phi) is 4.35. The highest BCUT2D eigenvalue weighted by Crippen LogP contribution is 2.24. The summed E-state index contributed by atoms with van der Waals surface area (Å²) in [6.07, 6.45) is 3.77. The third-order valence-corrected chi connectivity index (χ3v) is 4.20. The summed E-state index contributed by atoms with van der Waals surface area (Å²) < 4.78 is 0.945. The van der Waals surface area contributed by atoms with Crippen LogP contribution in [0, 0.1) is 12.8 Å². The van der Waals surface area contributed by atoms with Gasteiger partial charge in [0.2, 0.25) is 5.91 Å². The van der Waals surface area contributed by atoms with Gasteiger partial charge in [0.15, 0.2) is 0 Å². The van der Waals surface area contributed by atoms with Gasteiger partial charge in [0.05, 0.1) is 5.69 Å². The minimum absolute atomic E-state index is 0.0273. The Labute approximate surface area is 115 Å². The molecule has 1 heterocycles. The van der Waals surface area contributed by atoms with Crippen molar-refractivity contribution in [2.75, 3.05) is 5.32 Å². The van der Waals surface area contributed by atoms with Crippen LogP contribution in [-0.2, 0) is 4.79 Å². The zero-order valence-electron chi connectivity index (χ0n) is 10.4. The number of nitrogens with one attached hydrogen (secondary N) is 1. The molecule has 1 saturated carbocycles. The Balaban J connectivity index is 2.00. The largest absolute Gasteiger partial charge is 0.328 e. The number of carbonyl (C=O) groups is 1. The van der Waals surface area contributed by atoms with Gasteiger partial charge < -0.3 is 11.1 Å². The minimum Gasteiger partial charge on any atom is -0.328 e. The zero-order valence-corrected chi connectivity index (χ0v) is 12.0. The molecule has 0 bridgehead atoms. The first kappa shape index (κ1) is 13.5. The molecule has 4 nitrogen and oxygen atoms in total. The number of hydrogen-bond donors (Lipinski definition) is 2. The number of anilines is 1. The second-order valence-electron chi connectivity index (χ2n) is 4.88. The first-order valence-electron chi connectivity index (χ1n) is 6.26. The first-order valence-corrected chi connectivity index (χ1v) is 7.05. The highest BCUT2D eigenvalue weighted by Gasteiger charge is 2.25. The lowest BCUT2D eigenvalue weighted by Crippen LogP contribution is -2.34. The Morgan fingerprint density at radius 3 is 2.94 bits per heavy atom. The van der Waals surface area contributed by atoms with Crippen LogP contribution in [0.3, 0.4) is 0 Å². The van der Waals surface area contributed by atoms with Crippen molar-refractivity contribution in [3.63, 3.8) is 0 Å². The van der Waals surface area contributed by atoms with Crippen LogP contribution < -0.4 is 11.1 Å². The average molecular weight is 312 g/mol. The van der Waals surface area contributed by atoms with Gasteiger partial charge in [-0.05, 0) is 54.2 Å². The second-order valence-corrected chi connectivity index (χ2v) is 5.73. The number of aryl methyl sites for hydroxylation is 1. The predicted molar refractivity (Wildman–Crippen MR) is 75.2 cm³/mol. The van der Waals surface area contributed by atoms with E-state index >= 15 is 0 Å². The molecule has 1 aliphatic rings. The van der Waals surface area contributed by atoms with E-state index in [-0.39, 0.29) is 17.9 Å². The van der Waals surface area contributed by atoms with Crippen LogP contribution >= 0.6 is 15.9 Å². The summed E-state index contributed by atoms with van der Waals surface area (Å²) in [7, 11) is 0. The first-order chi connectivity index (χ1) is 8.56. The number of pyridine rings is 1. The monoisotopic (exact) mass is 311 g/mol. The fourth-order valence-corrected chi connectivity index (χ4v) is 2.53. The number of nitrogens with two attached hydrogens (primary N) is 1. The summed E-state index contributed by atoms with van der Waals surface area (Å²) >= 11 is 3.39. The predicted octanol–water partition coefficient (Wildman–Crippen LogP) is 2.61. The lowest BCUT2D eigenvalue weighted by molar-refractivity contribution is -0.120. The summed E-state index contributed by atoms with van der Waals surface area (Å²) in [5, 5.41) is 2.87. The van der Waals surface area contributed by atoms with E-state index in [1.807, 2.05) is 13.0 Å². The van der Waals surface area contributed by atoms with Crippen LogP contribution in [0.15, 0.2) is 16.6 Å². The Morgan fingerprint density at radius 1 is 1.50 bits per heavy atom. The molecule has 0 saturated heterocycles. The van der Waals surface area contributed by atoms with Crippen LogP contribution in [-0.4, -0.2) is 16.9 Å². The molecule has 1 aliphatic carbocycles. The Bertz CT molecular complexity index is 450. The van der Waals surface area contributed by atoms with Gasteiger partial charge in [-0.15, -0.1) is 0 Å². The molecule has 3 N–H and O–H groups in total. The van der Waals surface area contributed by atoms with Crippen molar-refractivity contribution in [1.29, 1.82) is 0 Å². The summed E-state index contributed by atoms with van der Waals surface area (Å²) in [5.74, 6) is 0.679. The van der Waals surface area contributed by atoms with Crippen LogP contribution in [0.1, 0.15) is 31.4 Å². The molecule has 1 aromatic heterocycles. The average Bonchev–Trinajstić information content (AvgIpc) is 2.34. The van der Waals surface area contributed by atoms with E-state index in [1.165, 1.54) is 0 Å². The fourth-order valence-electron chi connectivity index (χ4n) is 2.31. The smallest absolute Gasteiger partial charge is 0.228 e. The second kappa shape index (κ2) is 5.80. The highest BCUT2D eigenvalue weighted by atomic mass is 79.9. The van der Waals surface area contributed by atoms with E-state index in [0.717, 1.165) is 35.8 Å². The number of hydrogen-bond acceptors (Lipinski definition) is 3. The number of amides is 1. The summed E-state index contributed by atoms with van der Waals surface area (Å²) in [6.45, 7) is 1.90. The van der Waals surface area contributed by atoms with Crippen LogP contribution in [0.25, 0.3) is 0 Å². The molecular weight excluding hydrogens is 294 g/mol. The molecule has 98 valence electrons. The van der Waals surface area contributed by atoms with Crippen LogP contribution in [0.5, 0.6) is 0 Å². The molecule has 0 radical (unpaired) electrons. The van der Waals surface area contributed by atoms with Gasteiger partial charge in [-0.3, -0.25) is 4.79 Å². The molecule has 1 fully saturated rings. The number of aromatic nitrogens is 1. The third-order valence-electron chi connectivity index (χ3n) is 3.36. The molecule has 1 amide bonds. The van der Waals surface area contributed by atoms with Crippen LogP contribution in [0.4, 0.5) is 5.82 Å². The summed E-state index contributed by atoms with van der Waals surface area (Å²) in [6, 6.07) is 3.86. The maximum Gasteiger partial charge on any atom is 0.228 e. The van der Waals surface area contributed by atoms with Crippen molar-refractivity contribution in [3.8, 4) is 0 Å². The molecule has 0 spiro atoms. The lowest BCUT2D eigenvalue weighted by Gasteiger charge is -2.25. The molecule has 0 aliphatic heterocycles. The van der Waals surface area contributed by atoms with Gasteiger partial charge in [-0.2, -0.15) is 0 Å². The van der Waals surface area contributed by atoms with E-state index in [0.29, 0.717) is 5.82 Å². The van der Waals surface area contributed by atoms with E-state index < -0.39 is 0 Å². The molecule has 2 unspecified atom stereocenters. The van der Waals surface area contributed by atoms with Gasteiger partial charge in [-0.1, -0.05) is 6.42 Å². The molecule has 2 rings (SSSR count). The quantitative estimate of drug-likeness (QED) is 0.882. The maximum atomic E-state index is 12.1. The zero-order chi connectivity index (χ0) is 13.1. The van der Waals surface area contributed by atoms with Crippen molar-refractivity contribution in [2.24, 2.45) is 11.7 Å². The van der Waals surface area contributed by atoms with Crippen molar-refractivity contribution in [2.45, 2.75) is 38.6 Å². The SMILES string of the molecule is Cc1nc(NC(=O)C2CCCC(N)C2)ccc1Br. The number of carbonyl (C=O) groups excluding carboxylic acids is 1. The number of rotatable bonds is 2. The maximum absolute atomic E-state index is 12.1. The number of halogens is 1. The van der Waals surface area contributed by atoms with Gasteiger partial charge in [0.25, 0.3) is 0 Å². The lowest BCUT2D eigenvalue weighted by atomic mass is 9.85. The molecule has 1 aromatic rings. The summed E-state index contributed by atoms with van der Waals surface area (Å²) in [4.78, 5) is 16.4. The third kappa shape index (κ3) is 3.29. The summed E-state index contributed by atoms with van der Waals surface area (Å²) in [5.41, 5.74) is 6.77. The molecule has 18 heavy (non-hydrogen) atoms. The van der Waals surface area contributed by atoms with Gasteiger partial charge in [0, 0.05) is 16.4 Å². The Hall–Kier alpha value is -0.940. The van der Waals surface area contributed by atoms with E-state index in [1.54, 1.807) is 6.07 Å². The van der Waals surface area contributed by atoms with Gasteiger partial charge >= 0.3 is 0 Å². The highest BCUT2D eigenvalue weighted by molar-refractivity contribution is 9.10. The molecular formula is C13H18BrN3O. The molecule has 2 atom stereocenters. The number of nitrogens with zero attached hydrogens (tertiary/aromatic N) is 1. The van der Waals surface area contributed by atoms with E-state index in [4.69, 9.17) is 5.73 Å². The van der Waals surface area contributed by atoms with Crippen molar-refractivity contribution in [3.05, 3.63) is 22.3 Å². The standard InChI is InChI=1S/C13H18BrN3O/c1-8-11(14)5-6-12(16-8)17-13(18)9-3-2-4-10(15)7-9/h5-6,9-10H,2-4,7,15H2,1H3,(H,16,17,18). The fraction of sp³-hybridized carbons (Fsp3) is 0.538. The van der Waals surface area contributed by atoms with Crippen LogP contribution in [0.2, 0.25) is 0 Å². The van der Waals surface area contributed by atoms with E-state index in [9.17, 15) is 4.79 Å². The normalized spacial score (nSPS) is 23.7. The topological polar surface area (TPSA) is 68.0 Å². The molecule has 5 heteroatoms. The van der Waals surface area contributed by atoms with Gasteiger partial charge in [0.1, 0.15) is 5.82 Å².